The molecule has 0 saturated carbocycles. The van der Waals surface area contributed by atoms with Crippen molar-refractivity contribution in [1.29, 1.82) is 5.26 Å². The second kappa shape index (κ2) is 6.19. The van der Waals surface area contributed by atoms with Gasteiger partial charge in [-0.2, -0.15) is 23.5 Å². The second-order valence-electron chi connectivity index (χ2n) is 4.28. The Hall–Kier alpha value is -2.34. The van der Waals surface area contributed by atoms with Crippen molar-refractivity contribution >= 4 is 12.3 Å². The van der Waals surface area contributed by atoms with Crippen molar-refractivity contribution in [2.45, 2.75) is 12.6 Å². The molecule has 2 rings (SSSR count). The Labute approximate surface area is 126 Å². The van der Waals surface area contributed by atoms with E-state index in [-0.39, 0.29) is 16.2 Å². The summed E-state index contributed by atoms with van der Waals surface area (Å²) in [5.41, 5.74) is -2.32. The van der Waals surface area contributed by atoms with Crippen molar-refractivity contribution in [2.24, 2.45) is 0 Å². The summed E-state index contributed by atoms with van der Waals surface area (Å²) in [5.74, 6) is 0. The number of hydrogen-bond acceptors (Lipinski definition) is 4. The Morgan fingerprint density at radius 3 is 2.64 bits per heavy atom. The molecule has 9 heteroatoms. The standard InChI is InChI=1S/C13H7F4N3OS/c14-13(15,16)11-6-10(19-20(22-17)12(11)21)5-8-2-1-3-9(4-8)7-18/h1-4,6H,5H2. The van der Waals surface area contributed by atoms with Gasteiger partial charge in [-0.1, -0.05) is 12.1 Å². The normalized spacial score (nSPS) is 11.2. The van der Waals surface area contributed by atoms with E-state index < -0.39 is 29.6 Å². The molecular weight excluding hydrogens is 322 g/mol. The van der Waals surface area contributed by atoms with Crippen molar-refractivity contribution in [3.8, 4) is 6.07 Å². The maximum absolute atomic E-state index is 12.8. The number of halogens is 4. The molecule has 0 aliphatic carbocycles. The van der Waals surface area contributed by atoms with Crippen LogP contribution in [0.4, 0.5) is 17.1 Å². The Balaban J connectivity index is 2.47. The summed E-state index contributed by atoms with van der Waals surface area (Å²) in [5, 5.41) is 12.3. The fraction of sp³-hybridized carbons (Fsp3) is 0.154. The lowest BCUT2D eigenvalue weighted by atomic mass is 10.1. The maximum Gasteiger partial charge on any atom is 0.421 e. The molecule has 22 heavy (non-hydrogen) atoms. The molecule has 0 N–H and O–H groups in total. The highest BCUT2D eigenvalue weighted by Crippen LogP contribution is 2.27. The van der Waals surface area contributed by atoms with Gasteiger partial charge in [0.1, 0.15) is 5.56 Å². The molecule has 0 amide bonds. The van der Waals surface area contributed by atoms with Crippen LogP contribution in [0.25, 0.3) is 0 Å². The summed E-state index contributed by atoms with van der Waals surface area (Å²) in [6, 6.07) is 8.67. The summed E-state index contributed by atoms with van der Waals surface area (Å²) in [7, 11) is 0. The van der Waals surface area contributed by atoms with Crippen LogP contribution in [0.15, 0.2) is 35.1 Å². The zero-order chi connectivity index (χ0) is 16.3. The fourth-order valence-corrected chi connectivity index (χ4v) is 2.12. The molecule has 1 heterocycles. The average molecular weight is 329 g/mol. The van der Waals surface area contributed by atoms with Gasteiger partial charge in [-0.3, -0.25) is 4.79 Å². The number of benzene rings is 1. The highest BCUT2D eigenvalue weighted by atomic mass is 32.2. The smallest absolute Gasteiger partial charge is 0.266 e. The van der Waals surface area contributed by atoms with Gasteiger partial charge in [0.25, 0.3) is 5.56 Å². The Morgan fingerprint density at radius 1 is 1.32 bits per heavy atom. The molecular formula is C13H7F4N3OS. The van der Waals surface area contributed by atoms with Gasteiger partial charge in [0, 0.05) is 6.42 Å². The molecule has 2 aromatic rings. The van der Waals surface area contributed by atoms with E-state index in [0.29, 0.717) is 17.2 Å². The zero-order valence-electron chi connectivity index (χ0n) is 10.8. The van der Waals surface area contributed by atoms with Crippen molar-refractivity contribution in [2.75, 3.05) is 0 Å². The van der Waals surface area contributed by atoms with Crippen LogP contribution < -0.4 is 5.56 Å². The highest BCUT2D eigenvalue weighted by molar-refractivity contribution is 7.92. The average Bonchev–Trinajstić information content (AvgIpc) is 2.48. The number of nitriles is 1. The van der Waals surface area contributed by atoms with Gasteiger partial charge in [-0.25, -0.2) is 0 Å². The minimum atomic E-state index is -4.90. The quantitative estimate of drug-likeness (QED) is 0.812. The zero-order valence-corrected chi connectivity index (χ0v) is 11.6. The summed E-state index contributed by atoms with van der Waals surface area (Å²) >= 11 is -0.701. The first kappa shape index (κ1) is 16.0. The highest BCUT2D eigenvalue weighted by Gasteiger charge is 2.35. The van der Waals surface area contributed by atoms with Crippen LogP contribution in [-0.2, 0) is 12.6 Å². The lowest BCUT2D eigenvalue weighted by Crippen LogP contribution is -2.28. The van der Waals surface area contributed by atoms with E-state index in [9.17, 15) is 21.9 Å². The number of aromatic nitrogens is 2. The fourth-order valence-electron chi connectivity index (χ4n) is 1.82. The molecule has 4 nitrogen and oxygen atoms in total. The minimum absolute atomic E-state index is 0.0479. The van der Waals surface area contributed by atoms with Crippen LogP contribution in [0.3, 0.4) is 0 Å². The first-order valence-corrected chi connectivity index (χ1v) is 6.51. The van der Waals surface area contributed by atoms with Gasteiger partial charge >= 0.3 is 6.18 Å². The molecule has 1 aromatic carbocycles. The van der Waals surface area contributed by atoms with Crippen molar-refractivity contribution in [3.05, 3.63) is 63.1 Å². The summed E-state index contributed by atoms with van der Waals surface area (Å²) in [6.45, 7) is 0. The summed E-state index contributed by atoms with van der Waals surface area (Å²) in [4.78, 5) is 11.4. The van der Waals surface area contributed by atoms with Crippen LogP contribution >= 0.6 is 12.3 Å². The Morgan fingerprint density at radius 2 is 2.05 bits per heavy atom. The van der Waals surface area contributed by atoms with Crippen molar-refractivity contribution < 1.29 is 17.1 Å². The van der Waals surface area contributed by atoms with Crippen molar-refractivity contribution in [1.82, 2.24) is 9.19 Å². The largest absolute Gasteiger partial charge is 0.421 e. The van der Waals surface area contributed by atoms with Gasteiger partial charge in [-0.15, -0.1) is 7.97 Å². The molecule has 114 valence electrons. The van der Waals surface area contributed by atoms with Crippen LogP contribution in [0.2, 0.25) is 0 Å². The molecule has 0 aliphatic heterocycles. The van der Waals surface area contributed by atoms with E-state index in [1.165, 1.54) is 12.1 Å². The van der Waals surface area contributed by atoms with Gasteiger partial charge in [0.2, 0.25) is 0 Å². The Bertz CT molecular complexity index is 795. The number of rotatable bonds is 3. The molecule has 0 unspecified atom stereocenters. The van der Waals surface area contributed by atoms with Crippen LogP contribution in [-0.4, -0.2) is 9.19 Å². The topological polar surface area (TPSA) is 58.7 Å². The van der Waals surface area contributed by atoms with E-state index in [0.717, 1.165) is 0 Å². The molecule has 0 aliphatic rings. The van der Waals surface area contributed by atoms with E-state index in [2.05, 4.69) is 5.10 Å². The third-order valence-electron chi connectivity index (χ3n) is 2.75. The maximum atomic E-state index is 12.8. The number of alkyl halides is 3. The van der Waals surface area contributed by atoms with Gasteiger partial charge < -0.3 is 0 Å². The van der Waals surface area contributed by atoms with Crippen LogP contribution in [0.1, 0.15) is 22.4 Å². The minimum Gasteiger partial charge on any atom is -0.266 e. The lowest BCUT2D eigenvalue weighted by molar-refractivity contribution is -0.138. The summed E-state index contributed by atoms with van der Waals surface area (Å²) in [6.07, 6.45) is -4.97. The van der Waals surface area contributed by atoms with Gasteiger partial charge in [-0.05, 0) is 23.8 Å². The number of hydrogen-bond donors (Lipinski definition) is 0. The van der Waals surface area contributed by atoms with E-state index in [1.54, 1.807) is 12.1 Å². The van der Waals surface area contributed by atoms with E-state index in [1.807, 2.05) is 6.07 Å². The van der Waals surface area contributed by atoms with Gasteiger partial charge in [0.05, 0.1) is 17.3 Å². The molecule has 0 radical (unpaired) electrons. The molecule has 1 aromatic heterocycles. The SMILES string of the molecule is N#Cc1cccc(Cc2cc(C(F)(F)F)c(=O)n(SF)n2)c1. The molecule has 0 fully saturated rings. The van der Waals surface area contributed by atoms with E-state index in [4.69, 9.17) is 5.26 Å². The monoisotopic (exact) mass is 329 g/mol. The molecule has 0 atom stereocenters. The first-order valence-electron chi connectivity index (χ1n) is 5.83. The van der Waals surface area contributed by atoms with E-state index >= 15 is 0 Å². The third-order valence-corrected chi connectivity index (χ3v) is 3.12. The molecule has 0 spiro atoms. The molecule has 0 bridgehead atoms. The van der Waals surface area contributed by atoms with Crippen LogP contribution in [0, 0.1) is 11.3 Å². The first-order chi connectivity index (χ1) is 10.3. The second-order valence-corrected chi connectivity index (χ2v) is 4.77. The predicted octanol–water partition coefficient (Wildman–Crippen LogP) is 3.11. The lowest BCUT2D eigenvalue weighted by Gasteiger charge is -2.09. The van der Waals surface area contributed by atoms with Crippen LogP contribution in [0.5, 0.6) is 0 Å². The summed E-state index contributed by atoms with van der Waals surface area (Å²) < 4.78 is 51.0. The predicted molar refractivity (Wildman–Crippen MR) is 71.6 cm³/mol. The third kappa shape index (κ3) is 3.46. The van der Waals surface area contributed by atoms with Crippen molar-refractivity contribution in [3.63, 3.8) is 0 Å². The van der Waals surface area contributed by atoms with Gasteiger partial charge in [0.15, 0.2) is 12.3 Å². The number of nitrogens with zero attached hydrogens (tertiary/aromatic N) is 3. The Kier molecular flexibility index (Phi) is 4.51. The molecule has 0 saturated heterocycles.